The number of nitrogens with one attached hydrogen (secondary N) is 1. The van der Waals surface area contributed by atoms with Gasteiger partial charge in [0.15, 0.2) is 12.9 Å². The molecule has 4 nitrogen and oxygen atoms in total. The van der Waals surface area contributed by atoms with Crippen molar-refractivity contribution in [1.82, 2.24) is 0 Å². The van der Waals surface area contributed by atoms with E-state index in [1.165, 1.54) is 6.07 Å². The highest BCUT2D eigenvalue weighted by molar-refractivity contribution is 6.30. The van der Waals surface area contributed by atoms with Crippen molar-refractivity contribution in [2.24, 2.45) is 0 Å². The van der Waals surface area contributed by atoms with Gasteiger partial charge in [0.2, 0.25) is 0 Å². The smallest absolute Gasteiger partial charge is 0.262 e. The number of amides is 1. The van der Waals surface area contributed by atoms with Crippen LogP contribution in [0.15, 0.2) is 36.4 Å². The van der Waals surface area contributed by atoms with Crippen molar-refractivity contribution in [3.05, 3.63) is 58.1 Å². The molecular formula is C17H16ClNO3. The Bertz CT molecular complexity index is 713. The van der Waals surface area contributed by atoms with Gasteiger partial charge in [-0.3, -0.25) is 9.59 Å². The largest absolute Gasteiger partial charge is 0.483 e. The number of carbonyl (C=O) groups is 2. The summed E-state index contributed by atoms with van der Waals surface area (Å²) in [5, 5.41) is 3.23. The molecule has 0 spiro atoms. The van der Waals surface area contributed by atoms with Gasteiger partial charge in [-0.15, -0.1) is 0 Å². The summed E-state index contributed by atoms with van der Waals surface area (Å²) in [4.78, 5) is 22.9. The second-order valence-corrected chi connectivity index (χ2v) is 5.32. The molecule has 0 heterocycles. The van der Waals surface area contributed by atoms with Gasteiger partial charge in [-0.1, -0.05) is 23.7 Å². The van der Waals surface area contributed by atoms with Gasteiger partial charge in [0.25, 0.3) is 5.91 Å². The number of halogens is 1. The molecule has 0 bridgehead atoms. The Kier molecular flexibility index (Phi) is 5.17. The lowest BCUT2D eigenvalue weighted by Crippen LogP contribution is -2.21. The van der Waals surface area contributed by atoms with E-state index in [1.807, 2.05) is 32.0 Å². The highest BCUT2D eigenvalue weighted by atomic mass is 35.5. The van der Waals surface area contributed by atoms with Crippen LogP contribution in [-0.2, 0) is 4.79 Å². The van der Waals surface area contributed by atoms with Crippen LogP contribution >= 0.6 is 11.6 Å². The fourth-order valence-corrected chi connectivity index (χ4v) is 2.14. The predicted molar refractivity (Wildman–Crippen MR) is 86.9 cm³/mol. The number of carbonyl (C=O) groups excluding carboxylic acids is 2. The lowest BCUT2D eigenvalue weighted by molar-refractivity contribution is -0.118. The van der Waals surface area contributed by atoms with Crippen molar-refractivity contribution in [3.63, 3.8) is 0 Å². The Morgan fingerprint density at radius 3 is 2.77 bits per heavy atom. The number of hydrogen-bond acceptors (Lipinski definition) is 3. The maximum atomic E-state index is 12.0. The van der Waals surface area contributed by atoms with Gasteiger partial charge >= 0.3 is 0 Å². The normalized spacial score (nSPS) is 10.1. The Hall–Kier alpha value is -2.33. The topological polar surface area (TPSA) is 55.4 Å². The molecule has 0 fully saturated rings. The zero-order valence-electron chi connectivity index (χ0n) is 12.4. The van der Waals surface area contributed by atoms with Gasteiger partial charge in [-0.25, -0.2) is 0 Å². The molecule has 0 aromatic heterocycles. The van der Waals surface area contributed by atoms with Crippen LogP contribution in [0.5, 0.6) is 5.75 Å². The van der Waals surface area contributed by atoms with Crippen LogP contribution in [0.1, 0.15) is 21.5 Å². The minimum absolute atomic E-state index is 0.185. The van der Waals surface area contributed by atoms with Crippen LogP contribution in [0.25, 0.3) is 0 Å². The molecular weight excluding hydrogens is 302 g/mol. The molecule has 0 atom stereocenters. The maximum Gasteiger partial charge on any atom is 0.262 e. The van der Waals surface area contributed by atoms with Crippen molar-refractivity contribution in [2.45, 2.75) is 13.8 Å². The molecule has 5 heteroatoms. The van der Waals surface area contributed by atoms with E-state index in [-0.39, 0.29) is 12.5 Å². The number of benzene rings is 2. The molecule has 2 aromatic rings. The minimum Gasteiger partial charge on any atom is -0.483 e. The van der Waals surface area contributed by atoms with E-state index in [0.717, 1.165) is 16.8 Å². The van der Waals surface area contributed by atoms with Crippen molar-refractivity contribution in [1.29, 1.82) is 0 Å². The van der Waals surface area contributed by atoms with E-state index in [4.69, 9.17) is 16.3 Å². The van der Waals surface area contributed by atoms with Gasteiger partial charge in [-0.05, 0) is 49.2 Å². The average molecular weight is 318 g/mol. The van der Waals surface area contributed by atoms with Crippen LogP contribution in [0, 0.1) is 13.8 Å². The summed E-state index contributed by atoms with van der Waals surface area (Å²) >= 11 is 5.80. The van der Waals surface area contributed by atoms with Gasteiger partial charge in [-0.2, -0.15) is 0 Å². The lowest BCUT2D eigenvalue weighted by Gasteiger charge is -2.12. The summed E-state index contributed by atoms with van der Waals surface area (Å²) in [5.74, 6) is 0.0380. The molecule has 0 radical (unpaired) electrons. The molecule has 0 aliphatic carbocycles. The van der Waals surface area contributed by atoms with Crippen molar-refractivity contribution in [2.75, 3.05) is 11.9 Å². The van der Waals surface area contributed by atoms with Crippen LogP contribution in [0.2, 0.25) is 5.02 Å². The first-order valence-electron chi connectivity index (χ1n) is 6.75. The quantitative estimate of drug-likeness (QED) is 0.854. The van der Waals surface area contributed by atoms with Gasteiger partial charge in [0, 0.05) is 10.7 Å². The molecule has 0 unspecified atom stereocenters. The van der Waals surface area contributed by atoms with Gasteiger partial charge in [0.05, 0.1) is 5.56 Å². The molecule has 0 saturated heterocycles. The van der Waals surface area contributed by atoms with Crippen LogP contribution in [0.3, 0.4) is 0 Å². The zero-order chi connectivity index (χ0) is 16.1. The van der Waals surface area contributed by atoms with E-state index in [0.29, 0.717) is 22.6 Å². The van der Waals surface area contributed by atoms with E-state index >= 15 is 0 Å². The van der Waals surface area contributed by atoms with Gasteiger partial charge in [0.1, 0.15) is 5.75 Å². The summed E-state index contributed by atoms with van der Waals surface area (Å²) in [6.45, 7) is 3.73. The number of hydrogen-bond donors (Lipinski definition) is 1. The van der Waals surface area contributed by atoms with Crippen molar-refractivity contribution in [3.8, 4) is 5.75 Å². The third kappa shape index (κ3) is 3.86. The number of anilines is 1. The number of aldehydes is 1. The van der Waals surface area contributed by atoms with Crippen molar-refractivity contribution < 1.29 is 14.3 Å². The molecule has 1 amide bonds. The Balaban J connectivity index is 2.01. The Labute approximate surface area is 134 Å². The first-order valence-corrected chi connectivity index (χ1v) is 7.12. The standard InChI is InChI=1S/C17H16ClNO3/c1-11-4-3-5-15(12(11)2)19-17(21)10-22-16-7-6-14(18)8-13(16)9-20/h3-9H,10H2,1-2H3,(H,19,21). The van der Waals surface area contributed by atoms with Crippen molar-refractivity contribution >= 4 is 29.5 Å². The van der Waals surface area contributed by atoms with Crippen LogP contribution in [-0.4, -0.2) is 18.8 Å². The average Bonchev–Trinajstić information content (AvgIpc) is 2.50. The van der Waals surface area contributed by atoms with Crippen LogP contribution < -0.4 is 10.1 Å². The summed E-state index contributed by atoms with van der Waals surface area (Å²) in [6, 6.07) is 10.4. The van der Waals surface area contributed by atoms with E-state index in [1.54, 1.807) is 12.1 Å². The minimum atomic E-state index is -0.291. The Morgan fingerprint density at radius 2 is 2.05 bits per heavy atom. The second-order valence-electron chi connectivity index (χ2n) is 4.88. The maximum absolute atomic E-state index is 12.0. The molecule has 2 aromatic carbocycles. The number of ether oxygens (including phenoxy) is 1. The molecule has 2 rings (SSSR count). The number of aryl methyl sites for hydroxylation is 1. The second kappa shape index (κ2) is 7.09. The third-order valence-corrected chi connectivity index (χ3v) is 3.57. The molecule has 114 valence electrons. The van der Waals surface area contributed by atoms with Gasteiger partial charge < -0.3 is 10.1 Å². The predicted octanol–water partition coefficient (Wildman–Crippen LogP) is 3.79. The van der Waals surface area contributed by atoms with E-state index < -0.39 is 0 Å². The highest BCUT2D eigenvalue weighted by Gasteiger charge is 2.09. The molecule has 1 N–H and O–H groups in total. The highest BCUT2D eigenvalue weighted by Crippen LogP contribution is 2.22. The summed E-state index contributed by atoms with van der Waals surface area (Å²) in [5.41, 5.74) is 3.17. The Morgan fingerprint density at radius 1 is 1.27 bits per heavy atom. The summed E-state index contributed by atoms with van der Waals surface area (Å²) in [7, 11) is 0. The monoisotopic (exact) mass is 317 g/mol. The molecule has 0 aliphatic heterocycles. The SMILES string of the molecule is Cc1cccc(NC(=O)COc2ccc(Cl)cc2C=O)c1C. The van der Waals surface area contributed by atoms with E-state index in [9.17, 15) is 9.59 Å². The zero-order valence-corrected chi connectivity index (χ0v) is 13.1. The third-order valence-electron chi connectivity index (χ3n) is 3.34. The molecule has 0 saturated carbocycles. The van der Waals surface area contributed by atoms with Crippen LogP contribution in [0.4, 0.5) is 5.69 Å². The summed E-state index contributed by atoms with van der Waals surface area (Å²) in [6.07, 6.45) is 0.643. The van der Waals surface area contributed by atoms with E-state index in [2.05, 4.69) is 5.32 Å². The molecule has 22 heavy (non-hydrogen) atoms. The lowest BCUT2D eigenvalue weighted by atomic mass is 10.1. The first-order chi connectivity index (χ1) is 10.5. The fourth-order valence-electron chi connectivity index (χ4n) is 1.96. The summed E-state index contributed by atoms with van der Waals surface area (Å²) < 4.78 is 5.39. The molecule has 0 aliphatic rings. The fraction of sp³-hybridized carbons (Fsp3) is 0.176. The first kappa shape index (κ1) is 16.0. The number of rotatable bonds is 5.